The summed E-state index contributed by atoms with van der Waals surface area (Å²) in [6, 6.07) is 28.2. The van der Waals surface area contributed by atoms with Gasteiger partial charge in [0.25, 0.3) is 0 Å². The van der Waals surface area contributed by atoms with Gasteiger partial charge in [0.05, 0.1) is 0 Å². The molecule has 0 aliphatic heterocycles. The molecular formula is C25H27NO. The lowest BCUT2D eigenvalue weighted by Gasteiger charge is -2.17. The fourth-order valence-corrected chi connectivity index (χ4v) is 3.81. The Morgan fingerprint density at radius 3 is 2.33 bits per heavy atom. The van der Waals surface area contributed by atoms with Gasteiger partial charge in [0.1, 0.15) is 12.4 Å². The summed E-state index contributed by atoms with van der Waals surface area (Å²) in [7, 11) is 0. The predicted octanol–water partition coefficient (Wildman–Crippen LogP) is 5.30. The van der Waals surface area contributed by atoms with Crippen LogP contribution in [0.4, 0.5) is 0 Å². The highest BCUT2D eigenvalue weighted by molar-refractivity contribution is 5.37. The minimum atomic E-state index is 0.524. The third kappa shape index (κ3) is 4.99. The molecule has 1 N–H and O–H groups in total. The van der Waals surface area contributed by atoms with Crippen LogP contribution in [0.5, 0.6) is 5.75 Å². The SMILES string of the molecule is c1ccc(CNC2CCCc3ccc(OCc4ccccc4)cc3C2)cc1. The molecule has 0 amide bonds. The predicted molar refractivity (Wildman–Crippen MR) is 111 cm³/mol. The first kappa shape index (κ1) is 17.8. The first-order valence-electron chi connectivity index (χ1n) is 9.93. The summed E-state index contributed by atoms with van der Waals surface area (Å²) >= 11 is 0. The molecule has 1 unspecified atom stereocenters. The molecule has 4 rings (SSSR count). The Kier molecular flexibility index (Phi) is 5.86. The zero-order chi connectivity index (χ0) is 18.3. The van der Waals surface area contributed by atoms with Gasteiger partial charge in [-0.25, -0.2) is 0 Å². The van der Waals surface area contributed by atoms with E-state index in [1.807, 2.05) is 6.07 Å². The van der Waals surface area contributed by atoms with Crippen molar-refractivity contribution in [3.8, 4) is 5.75 Å². The van der Waals surface area contributed by atoms with Crippen molar-refractivity contribution in [2.24, 2.45) is 0 Å². The smallest absolute Gasteiger partial charge is 0.120 e. The van der Waals surface area contributed by atoms with E-state index in [1.54, 1.807) is 0 Å². The average molecular weight is 357 g/mol. The molecule has 0 saturated carbocycles. The third-order valence-electron chi connectivity index (χ3n) is 5.33. The maximum absolute atomic E-state index is 6.04. The van der Waals surface area contributed by atoms with Gasteiger partial charge >= 0.3 is 0 Å². The number of hydrogen-bond donors (Lipinski definition) is 1. The van der Waals surface area contributed by atoms with E-state index in [2.05, 4.69) is 78.1 Å². The minimum Gasteiger partial charge on any atom is -0.489 e. The lowest BCUT2D eigenvalue weighted by Crippen LogP contribution is -2.30. The highest BCUT2D eigenvalue weighted by atomic mass is 16.5. The second kappa shape index (κ2) is 8.88. The Morgan fingerprint density at radius 1 is 0.815 bits per heavy atom. The Balaban J connectivity index is 1.40. The van der Waals surface area contributed by atoms with Crippen molar-refractivity contribution in [2.45, 2.75) is 44.9 Å². The molecule has 3 aromatic carbocycles. The summed E-state index contributed by atoms with van der Waals surface area (Å²) in [6.45, 7) is 1.56. The molecule has 27 heavy (non-hydrogen) atoms. The summed E-state index contributed by atoms with van der Waals surface area (Å²) < 4.78 is 6.04. The van der Waals surface area contributed by atoms with Crippen molar-refractivity contribution in [3.63, 3.8) is 0 Å². The largest absolute Gasteiger partial charge is 0.489 e. The Hall–Kier alpha value is -2.58. The van der Waals surface area contributed by atoms with Gasteiger partial charge in [-0.2, -0.15) is 0 Å². The number of fused-ring (bicyclic) bond motifs is 1. The molecule has 0 bridgehead atoms. The quantitative estimate of drug-likeness (QED) is 0.604. The van der Waals surface area contributed by atoms with E-state index in [1.165, 1.54) is 35.1 Å². The van der Waals surface area contributed by atoms with Crippen LogP contribution >= 0.6 is 0 Å². The zero-order valence-electron chi connectivity index (χ0n) is 15.7. The molecule has 3 aromatic rings. The summed E-state index contributed by atoms with van der Waals surface area (Å²) in [4.78, 5) is 0. The lowest BCUT2D eigenvalue weighted by atomic mass is 10.0. The molecule has 0 radical (unpaired) electrons. The molecule has 2 heteroatoms. The maximum atomic E-state index is 6.04. The van der Waals surface area contributed by atoms with Crippen molar-refractivity contribution in [1.29, 1.82) is 0 Å². The average Bonchev–Trinajstić information content (AvgIpc) is 2.94. The Morgan fingerprint density at radius 2 is 1.56 bits per heavy atom. The second-order valence-electron chi connectivity index (χ2n) is 7.36. The summed E-state index contributed by atoms with van der Waals surface area (Å²) in [5, 5.41) is 3.76. The molecule has 1 aliphatic carbocycles. The number of aryl methyl sites for hydroxylation is 1. The molecule has 0 saturated heterocycles. The van der Waals surface area contributed by atoms with Crippen LogP contribution in [-0.4, -0.2) is 6.04 Å². The van der Waals surface area contributed by atoms with Crippen LogP contribution < -0.4 is 10.1 Å². The van der Waals surface area contributed by atoms with Gasteiger partial charge in [-0.1, -0.05) is 66.7 Å². The molecule has 0 spiro atoms. The van der Waals surface area contributed by atoms with E-state index in [0.717, 1.165) is 25.1 Å². The van der Waals surface area contributed by atoms with Gasteiger partial charge in [-0.05, 0) is 60.1 Å². The Bertz CT molecular complexity index is 845. The molecule has 1 aliphatic rings. The molecule has 0 aromatic heterocycles. The van der Waals surface area contributed by atoms with Crippen LogP contribution in [0, 0.1) is 0 Å². The van der Waals surface area contributed by atoms with Crippen LogP contribution in [0.1, 0.15) is 35.1 Å². The number of benzene rings is 3. The van der Waals surface area contributed by atoms with Crippen LogP contribution in [-0.2, 0) is 26.0 Å². The lowest BCUT2D eigenvalue weighted by molar-refractivity contribution is 0.305. The number of nitrogens with one attached hydrogen (secondary N) is 1. The van der Waals surface area contributed by atoms with Gasteiger partial charge in [-0.3, -0.25) is 0 Å². The van der Waals surface area contributed by atoms with Crippen LogP contribution in [0.25, 0.3) is 0 Å². The van der Waals surface area contributed by atoms with Crippen molar-refractivity contribution in [2.75, 3.05) is 0 Å². The van der Waals surface area contributed by atoms with Crippen LogP contribution in [0.15, 0.2) is 78.9 Å². The minimum absolute atomic E-state index is 0.524. The highest BCUT2D eigenvalue weighted by Crippen LogP contribution is 2.26. The number of rotatable bonds is 6. The third-order valence-corrected chi connectivity index (χ3v) is 5.33. The van der Waals surface area contributed by atoms with E-state index < -0.39 is 0 Å². The molecule has 0 fully saturated rings. The van der Waals surface area contributed by atoms with Gasteiger partial charge in [-0.15, -0.1) is 0 Å². The second-order valence-corrected chi connectivity index (χ2v) is 7.36. The standard InChI is InChI=1S/C25H27NO/c1-3-8-20(9-4-1)18-26-24-13-7-12-22-14-15-25(17-23(22)16-24)27-19-21-10-5-2-6-11-21/h1-6,8-11,14-15,17,24,26H,7,12-13,16,18-19H2. The fourth-order valence-electron chi connectivity index (χ4n) is 3.81. The van der Waals surface area contributed by atoms with Crippen LogP contribution in [0.3, 0.4) is 0 Å². The van der Waals surface area contributed by atoms with Crippen molar-refractivity contribution < 1.29 is 4.74 Å². The van der Waals surface area contributed by atoms with Crippen molar-refractivity contribution >= 4 is 0 Å². The first-order chi connectivity index (χ1) is 13.4. The van der Waals surface area contributed by atoms with Gasteiger partial charge < -0.3 is 10.1 Å². The highest BCUT2D eigenvalue weighted by Gasteiger charge is 2.17. The van der Waals surface area contributed by atoms with E-state index >= 15 is 0 Å². The van der Waals surface area contributed by atoms with Gasteiger partial charge in [0.2, 0.25) is 0 Å². The first-order valence-corrected chi connectivity index (χ1v) is 9.93. The van der Waals surface area contributed by atoms with Gasteiger partial charge in [0.15, 0.2) is 0 Å². The molecular weight excluding hydrogens is 330 g/mol. The molecule has 1 atom stereocenters. The van der Waals surface area contributed by atoms with E-state index in [4.69, 9.17) is 4.74 Å². The van der Waals surface area contributed by atoms with E-state index in [9.17, 15) is 0 Å². The fraction of sp³-hybridized carbons (Fsp3) is 0.280. The molecule has 0 heterocycles. The summed E-state index contributed by atoms with van der Waals surface area (Å²) in [6.07, 6.45) is 4.70. The summed E-state index contributed by atoms with van der Waals surface area (Å²) in [5.74, 6) is 0.973. The number of hydrogen-bond acceptors (Lipinski definition) is 2. The monoisotopic (exact) mass is 357 g/mol. The van der Waals surface area contributed by atoms with E-state index in [0.29, 0.717) is 12.6 Å². The Labute approximate surface area is 162 Å². The number of ether oxygens (including phenoxy) is 1. The van der Waals surface area contributed by atoms with E-state index in [-0.39, 0.29) is 0 Å². The normalized spacial score (nSPS) is 16.4. The van der Waals surface area contributed by atoms with Crippen molar-refractivity contribution in [1.82, 2.24) is 5.32 Å². The topological polar surface area (TPSA) is 21.3 Å². The van der Waals surface area contributed by atoms with Gasteiger partial charge in [0, 0.05) is 12.6 Å². The summed E-state index contributed by atoms with van der Waals surface area (Å²) in [5.41, 5.74) is 5.46. The zero-order valence-corrected chi connectivity index (χ0v) is 15.7. The maximum Gasteiger partial charge on any atom is 0.120 e. The van der Waals surface area contributed by atoms with Crippen LogP contribution in [0.2, 0.25) is 0 Å². The van der Waals surface area contributed by atoms with Crippen molar-refractivity contribution in [3.05, 3.63) is 101 Å². The molecule has 2 nitrogen and oxygen atoms in total. The molecule has 138 valence electrons.